The highest BCUT2D eigenvalue weighted by atomic mass is 35.5. The number of benzene rings is 2. The molecule has 1 unspecified atom stereocenters. The van der Waals surface area contributed by atoms with Gasteiger partial charge in [0.05, 0.1) is 36.3 Å². The van der Waals surface area contributed by atoms with E-state index in [1.165, 1.54) is 0 Å². The van der Waals surface area contributed by atoms with Gasteiger partial charge in [-0.25, -0.2) is 4.98 Å². The Morgan fingerprint density at radius 2 is 1.88 bits per heavy atom. The van der Waals surface area contributed by atoms with E-state index in [0.717, 1.165) is 38.9 Å². The van der Waals surface area contributed by atoms with Gasteiger partial charge in [-0.2, -0.15) is 0 Å². The van der Waals surface area contributed by atoms with Gasteiger partial charge in [0.25, 0.3) is 5.56 Å². The van der Waals surface area contributed by atoms with Gasteiger partial charge in [0, 0.05) is 36.1 Å². The van der Waals surface area contributed by atoms with Gasteiger partial charge in [0.1, 0.15) is 4.87 Å². The second kappa shape index (κ2) is 7.69. The summed E-state index contributed by atoms with van der Waals surface area (Å²) in [5.74, 6) is 0. The van der Waals surface area contributed by atoms with Gasteiger partial charge in [0.15, 0.2) is 0 Å². The molecule has 0 saturated carbocycles. The zero-order valence-electron chi connectivity index (χ0n) is 17.4. The fraction of sp³-hybridized carbons (Fsp3) is 0.120. The molecule has 7 heteroatoms. The van der Waals surface area contributed by atoms with E-state index in [0.29, 0.717) is 5.02 Å². The lowest BCUT2D eigenvalue weighted by Gasteiger charge is -2.28. The molecule has 0 aliphatic carbocycles. The lowest BCUT2D eigenvalue weighted by atomic mass is 9.87. The van der Waals surface area contributed by atoms with Crippen molar-refractivity contribution < 1.29 is 4.42 Å². The van der Waals surface area contributed by atoms with Gasteiger partial charge in [-0.05, 0) is 47.0 Å². The molecule has 1 atom stereocenters. The van der Waals surface area contributed by atoms with E-state index in [9.17, 15) is 4.79 Å². The molecule has 5 nitrogen and oxygen atoms in total. The van der Waals surface area contributed by atoms with Crippen molar-refractivity contribution in [3.8, 4) is 11.1 Å². The Morgan fingerprint density at radius 3 is 2.56 bits per heavy atom. The van der Waals surface area contributed by atoms with Crippen LogP contribution in [-0.4, -0.2) is 14.1 Å². The summed E-state index contributed by atoms with van der Waals surface area (Å²) in [6, 6.07) is 16.9. The molecule has 0 aliphatic rings. The van der Waals surface area contributed by atoms with Crippen LogP contribution in [0.3, 0.4) is 0 Å². The molecular weight excluding hydrogens is 445 g/mol. The highest BCUT2D eigenvalue weighted by Gasteiger charge is 2.38. The number of imidazole rings is 1. The maximum atomic E-state index is 12.7. The smallest absolute Gasteiger partial charge is 0.251 e. The average Bonchev–Trinajstić information content (AvgIpc) is 3.48. The van der Waals surface area contributed by atoms with E-state index in [4.69, 9.17) is 27.6 Å². The molecule has 0 N–H and O–H groups in total. The molecular formula is C25H19Cl2N3O2. The monoisotopic (exact) mass is 463 g/mol. The second-order valence-corrected chi connectivity index (χ2v) is 8.76. The van der Waals surface area contributed by atoms with Gasteiger partial charge < -0.3 is 13.6 Å². The van der Waals surface area contributed by atoms with Crippen LogP contribution in [0.25, 0.3) is 22.0 Å². The predicted molar refractivity (Wildman–Crippen MR) is 127 cm³/mol. The summed E-state index contributed by atoms with van der Waals surface area (Å²) in [5, 5.41) is 1.50. The molecule has 0 saturated heterocycles. The Balaban J connectivity index is 1.84. The van der Waals surface area contributed by atoms with Crippen molar-refractivity contribution in [2.45, 2.75) is 4.87 Å². The van der Waals surface area contributed by atoms with Gasteiger partial charge in [-0.1, -0.05) is 29.8 Å². The number of rotatable bonds is 4. The molecule has 160 valence electrons. The first kappa shape index (κ1) is 20.6. The molecule has 0 aliphatic heterocycles. The molecule has 0 bridgehead atoms. The second-order valence-electron chi connectivity index (χ2n) is 7.76. The Kier molecular flexibility index (Phi) is 4.96. The van der Waals surface area contributed by atoms with Crippen LogP contribution in [0.2, 0.25) is 5.02 Å². The fourth-order valence-corrected chi connectivity index (χ4v) is 4.78. The molecule has 5 aromatic rings. The molecule has 3 heterocycles. The molecule has 0 spiro atoms. The highest BCUT2D eigenvalue weighted by molar-refractivity contribution is 6.31. The van der Waals surface area contributed by atoms with Gasteiger partial charge in [0.2, 0.25) is 0 Å². The maximum absolute atomic E-state index is 12.7. The molecule has 2 aromatic carbocycles. The number of fused-ring (bicyclic) bond motifs is 1. The zero-order valence-corrected chi connectivity index (χ0v) is 18.9. The molecule has 0 amide bonds. The van der Waals surface area contributed by atoms with Crippen LogP contribution >= 0.6 is 23.2 Å². The quantitative estimate of drug-likeness (QED) is 0.320. The van der Waals surface area contributed by atoms with Gasteiger partial charge >= 0.3 is 0 Å². The number of nitrogens with zero attached hydrogens (tertiary/aromatic N) is 3. The summed E-state index contributed by atoms with van der Waals surface area (Å²) < 4.78 is 8.90. The lowest BCUT2D eigenvalue weighted by Crippen LogP contribution is -2.25. The summed E-state index contributed by atoms with van der Waals surface area (Å²) >= 11 is 13.6. The summed E-state index contributed by atoms with van der Waals surface area (Å²) in [6.07, 6.45) is 6.71. The molecule has 0 radical (unpaired) electrons. The minimum atomic E-state index is -1.03. The molecule has 3 aromatic heterocycles. The number of hydrogen-bond acceptors (Lipinski definition) is 3. The number of pyridine rings is 1. The van der Waals surface area contributed by atoms with Crippen molar-refractivity contribution in [2.75, 3.05) is 0 Å². The third kappa shape index (κ3) is 3.17. The SMILES string of the molecule is Cn1cncc1C(Cl)(c1ccoc1)c1ccc2c(c1)c(-c1cccc(Cl)c1)cc(=O)n2C. The van der Waals surface area contributed by atoms with E-state index < -0.39 is 4.87 Å². The van der Waals surface area contributed by atoms with Gasteiger partial charge in [-0.15, -0.1) is 11.6 Å². The molecule has 0 fully saturated rings. The van der Waals surface area contributed by atoms with Crippen LogP contribution < -0.4 is 5.56 Å². The normalized spacial score (nSPS) is 13.4. The lowest BCUT2D eigenvalue weighted by molar-refractivity contribution is 0.560. The summed E-state index contributed by atoms with van der Waals surface area (Å²) in [4.78, 5) is 15.9. The van der Waals surface area contributed by atoms with Crippen LogP contribution in [0.4, 0.5) is 0 Å². The number of halogens is 2. The van der Waals surface area contributed by atoms with E-state index in [1.54, 1.807) is 42.7 Å². The number of aromatic nitrogens is 3. The third-order valence-electron chi connectivity index (χ3n) is 5.87. The standard InChI is InChI=1S/C25H19Cl2N3O2/c1-29-15-28-13-23(29)25(27,18-8-9-32-14-18)17-6-7-22-21(11-17)20(12-24(31)30(22)2)16-4-3-5-19(26)10-16/h3-15H,1-2H3. The first-order valence-electron chi connectivity index (χ1n) is 9.98. The number of furan rings is 1. The van der Waals surface area contributed by atoms with Crippen molar-refractivity contribution in [3.05, 3.63) is 112 Å². The third-order valence-corrected chi connectivity index (χ3v) is 6.73. The van der Waals surface area contributed by atoms with E-state index in [-0.39, 0.29) is 5.56 Å². The Hall–Kier alpha value is -3.28. The Morgan fingerprint density at radius 1 is 1.03 bits per heavy atom. The van der Waals surface area contributed by atoms with Crippen LogP contribution in [-0.2, 0) is 19.0 Å². The predicted octanol–water partition coefficient (Wildman–Crippen LogP) is 5.72. The topological polar surface area (TPSA) is 53.0 Å². The van der Waals surface area contributed by atoms with E-state index >= 15 is 0 Å². The van der Waals surface area contributed by atoms with Crippen molar-refractivity contribution in [2.24, 2.45) is 14.1 Å². The number of aryl methyl sites for hydroxylation is 2. The first-order valence-corrected chi connectivity index (χ1v) is 10.7. The summed E-state index contributed by atoms with van der Waals surface area (Å²) in [7, 11) is 3.67. The minimum absolute atomic E-state index is 0.0983. The maximum Gasteiger partial charge on any atom is 0.251 e. The number of alkyl halides is 1. The van der Waals surface area contributed by atoms with Crippen molar-refractivity contribution in [1.29, 1.82) is 0 Å². The summed E-state index contributed by atoms with van der Waals surface area (Å²) in [6.45, 7) is 0. The highest BCUT2D eigenvalue weighted by Crippen LogP contribution is 2.44. The Labute approximate surface area is 194 Å². The Bertz CT molecular complexity index is 1500. The number of hydrogen-bond donors (Lipinski definition) is 0. The average molecular weight is 464 g/mol. The molecule has 32 heavy (non-hydrogen) atoms. The van der Waals surface area contributed by atoms with Crippen molar-refractivity contribution in [3.63, 3.8) is 0 Å². The molecule has 5 rings (SSSR count). The van der Waals surface area contributed by atoms with Crippen LogP contribution in [0.1, 0.15) is 16.8 Å². The van der Waals surface area contributed by atoms with Crippen LogP contribution in [0.5, 0.6) is 0 Å². The van der Waals surface area contributed by atoms with E-state index in [1.807, 2.05) is 60.1 Å². The van der Waals surface area contributed by atoms with Gasteiger partial charge in [-0.3, -0.25) is 4.79 Å². The van der Waals surface area contributed by atoms with Crippen LogP contribution in [0, 0.1) is 0 Å². The van der Waals surface area contributed by atoms with E-state index in [2.05, 4.69) is 4.98 Å². The fourth-order valence-electron chi connectivity index (χ4n) is 4.18. The zero-order chi connectivity index (χ0) is 22.5. The minimum Gasteiger partial charge on any atom is -0.472 e. The van der Waals surface area contributed by atoms with Crippen molar-refractivity contribution in [1.82, 2.24) is 14.1 Å². The van der Waals surface area contributed by atoms with Crippen molar-refractivity contribution >= 4 is 34.1 Å². The largest absolute Gasteiger partial charge is 0.472 e. The first-order chi connectivity index (χ1) is 15.4. The van der Waals surface area contributed by atoms with Crippen LogP contribution in [0.15, 0.2) is 88.9 Å². The summed E-state index contributed by atoms with van der Waals surface area (Å²) in [5.41, 5.74) is 4.78.